The van der Waals surface area contributed by atoms with Crippen molar-refractivity contribution in [2.45, 2.75) is 65.1 Å². The summed E-state index contributed by atoms with van der Waals surface area (Å²) < 4.78 is 5.77. The van der Waals surface area contributed by atoms with E-state index >= 15 is 0 Å². The van der Waals surface area contributed by atoms with Gasteiger partial charge in [-0.15, -0.1) is 0 Å². The highest BCUT2D eigenvalue weighted by molar-refractivity contribution is 5.87. The lowest BCUT2D eigenvalue weighted by Crippen LogP contribution is -2.53. The molecule has 2 aliphatic rings. The predicted molar refractivity (Wildman–Crippen MR) is 93.6 cm³/mol. The molecule has 0 spiro atoms. The summed E-state index contributed by atoms with van der Waals surface area (Å²) in [7, 11) is 0. The van der Waals surface area contributed by atoms with Gasteiger partial charge in [0, 0.05) is 32.1 Å². The van der Waals surface area contributed by atoms with E-state index in [4.69, 9.17) is 4.74 Å². The molecule has 1 aliphatic carbocycles. The van der Waals surface area contributed by atoms with Gasteiger partial charge in [0.05, 0.1) is 12.7 Å². The first kappa shape index (κ1) is 19.2. The predicted octanol–water partition coefficient (Wildman–Crippen LogP) is 1.15. The lowest BCUT2D eigenvalue weighted by atomic mass is 10.0. The van der Waals surface area contributed by atoms with Gasteiger partial charge in [-0.2, -0.15) is 0 Å². The molecule has 1 heterocycles. The Balaban J connectivity index is 1.78. The summed E-state index contributed by atoms with van der Waals surface area (Å²) in [4.78, 5) is 26.9. The van der Waals surface area contributed by atoms with E-state index in [9.17, 15) is 9.59 Å². The first-order valence-corrected chi connectivity index (χ1v) is 9.29. The number of hydrogen-bond donors (Lipinski definition) is 2. The minimum Gasteiger partial charge on any atom is -0.374 e. The number of hydrogen-bond acceptors (Lipinski definition) is 4. The van der Waals surface area contributed by atoms with Crippen LogP contribution >= 0.6 is 0 Å². The first-order valence-electron chi connectivity index (χ1n) is 9.29. The minimum atomic E-state index is -0.487. The maximum atomic E-state index is 12.5. The Morgan fingerprint density at radius 2 is 1.92 bits per heavy atom. The standard InChI is InChI=1S/C18H33N3O3/c1-12(2)9-16(22)20-17(13(3)4)18(23)19-10-15-11-21(7-8-24-15)14-5-6-14/h12-15,17H,5-11H2,1-4H3,(H,19,23)(H,20,22)/t15-,17+/m0/s1. The molecule has 1 aliphatic heterocycles. The average Bonchev–Trinajstić information content (AvgIpc) is 3.34. The zero-order chi connectivity index (χ0) is 17.7. The molecule has 1 saturated heterocycles. The van der Waals surface area contributed by atoms with Crippen molar-refractivity contribution in [1.82, 2.24) is 15.5 Å². The van der Waals surface area contributed by atoms with Crippen molar-refractivity contribution in [3.8, 4) is 0 Å². The van der Waals surface area contributed by atoms with Crippen LogP contribution in [0.1, 0.15) is 47.0 Å². The highest BCUT2D eigenvalue weighted by Crippen LogP contribution is 2.28. The number of morpholine rings is 1. The highest BCUT2D eigenvalue weighted by atomic mass is 16.5. The molecular formula is C18H33N3O3. The molecule has 0 aromatic heterocycles. The van der Waals surface area contributed by atoms with Crippen LogP contribution in [-0.4, -0.2) is 61.1 Å². The second-order valence-electron chi connectivity index (χ2n) is 7.85. The average molecular weight is 339 g/mol. The summed E-state index contributed by atoms with van der Waals surface area (Å²) in [5, 5.41) is 5.84. The van der Waals surface area contributed by atoms with Gasteiger partial charge < -0.3 is 15.4 Å². The van der Waals surface area contributed by atoms with Crippen LogP contribution in [0.4, 0.5) is 0 Å². The van der Waals surface area contributed by atoms with E-state index in [-0.39, 0.29) is 29.8 Å². The highest BCUT2D eigenvalue weighted by Gasteiger charge is 2.33. The Bertz CT molecular complexity index is 435. The molecule has 0 aromatic carbocycles. The third kappa shape index (κ3) is 6.06. The van der Waals surface area contributed by atoms with Gasteiger partial charge in [0.2, 0.25) is 11.8 Å². The number of rotatable bonds is 8. The number of amides is 2. The second-order valence-corrected chi connectivity index (χ2v) is 7.85. The van der Waals surface area contributed by atoms with Crippen LogP contribution in [0.5, 0.6) is 0 Å². The van der Waals surface area contributed by atoms with Gasteiger partial charge in [-0.1, -0.05) is 27.7 Å². The Morgan fingerprint density at radius 3 is 2.50 bits per heavy atom. The first-order chi connectivity index (χ1) is 11.4. The zero-order valence-corrected chi connectivity index (χ0v) is 15.5. The van der Waals surface area contributed by atoms with Crippen molar-refractivity contribution in [2.75, 3.05) is 26.2 Å². The van der Waals surface area contributed by atoms with Gasteiger partial charge in [-0.05, 0) is 24.7 Å². The van der Waals surface area contributed by atoms with Crippen LogP contribution in [-0.2, 0) is 14.3 Å². The fraction of sp³-hybridized carbons (Fsp3) is 0.889. The van der Waals surface area contributed by atoms with Gasteiger partial charge in [0.15, 0.2) is 0 Å². The maximum absolute atomic E-state index is 12.5. The van der Waals surface area contributed by atoms with Gasteiger partial charge in [0.1, 0.15) is 6.04 Å². The summed E-state index contributed by atoms with van der Waals surface area (Å²) in [5.41, 5.74) is 0. The monoisotopic (exact) mass is 339 g/mol. The van der Waals surface area contributed by atoms with E-state index in [1.165, 1.54) is 12.8 Å². The number of carbonyl (C=O) groups is 2. The molecule has 6 heteroatoms. The van der Waals surface area contributed by atoms with Crippen LogP contribution in [0.3, 0.4) is 0 Å². The number of nitrogens with zero attached hydrogens (tertiary/aromatic N) is 1. The molecule has 6 nitrogen and oxygen atoms in total. The van der Waals surface area contributed by atoms with Crippen molar-refractivity contribution in [1.29, 1.82) is 0 Å². The molecule has 138 valence electrons. The van der Waals surface area contributed by atoms with Gasteiger partial charge in [0.25, 0.3) is 0 Å². The number of nitrogens with one attached hydrogen (secondary N) is 2. The minimum absolute atomic E-state index is 0.0440. The molecule has 2 amide bonds. The quantitative estimate of drug-likeness (QED) is 0.696. The third-order valence-corrected chi connectivity index (χ3v) is 4.60. The van der Waals surface area contributed by atoms with Crippen LogP contribution in [0, 0.1) is 11.8 Å². The molecule has 0 aromatic rings. The lowest BCUT2D eigenvalue weighted by Gasteiger charge is -2.33. The van der Waals surface area contributed by atoms with Crippen LogP contribution in [0.25, 0.3) is 0 Å². The van der Waals surface area contributed by atoms with E-state index in [1.54, 1.807) is 0 Å². The Labute approximate surface area is 145 Å². The Kier molecular flexibility index (Phi) is 7.04. The van der Waals surface area contributed by atoms with Crippen molar-refractivity contribution >= 4 is 11.8 Å². The molecule has 2 fully saturated rings. The summed E-state index contributed by atoms with van der Waals surface area (Å²) >= 11 is 0. The Hall–Kier alpha value is -1.14. The fourth-order valence-electron chi connectivity index (χ4n) is 3.10. The lowest BCUT2D eigenvalue weighted by molar-refractivity contribution is -0.131. The van der Waals surface area contributed by atoms with Crippen molar-refractivity contribution in [3.05, 3.63) is 0 Å². The molecule has 24 heavy (non-hydrogen) atoms. The van der Waals surface area contributed by atoms with Gasteiger partial charge in [-0.25, -0.2) is 0 Å². The zero-order valence-electron chi connectivity index (χ0n) is 15.5. The van der Waals surface area contributed by atoms with Gasteiger partial charge >= 0.3 is 0 Å². The molecule has 2 rings (SSSR count). The second kappa shape index (κ2) is 8.81. The summed E-state index contributed by atoms with van der Waals surface area (Å²) in [6.45, 7) is 11.0. The van der Waals surface area contributed by atoms with Crippen molar-refractivity contribution < 1.29 is 14.3 Å². The van der Waals surface area contributed by atoms with E-state index in [0.29, 0.717) is 13.0 Å². The normalized spacial score (nSPS) is 23.3. The molecule has 0 radical (unpaired) electrons. The SMILES string of the molecule is CC(C)CC(=O)N[C@@H](C(=O)NC[C@H]1CN(C2CC2)CCO1)C(C)C. The number of ether oxygens (including phenoxy) is 1. The van der Waals surface area contributed by atoms with Crippen LogP contribution in [0.2, 0.25) is 0 Å². The molecule has 0 unspecified atom stereocenters. The molecular weight excluding hydrogens is 306 g/mol. The topological polar surface area (TPSA) is 70.7 Å². The molecule has 2 N–H and O–H groups in total. The van der Waals surface area contributed by atoms with Crippen molar-refractivity contribution in [2.24, 2.45) is 11.8 Å². The molecule has 0 bridgehead atoms. The van der Waals surface area contributed by atoms with Crippen molar-refractivity contribution in [3.63, 3.8) is 0 Å². The third-order valence-electron chi connectivity index (χ3n) is 4.60. The molecule has 2 atom stereocenters. The van der Waals surface area contributed by atoms with Gasteiger partial charge in [-0.3, -0.25) is 14.5 Å². The van der Waals surface area contributed by atoms with E-state index in [2.05, 4.69) is 15.5 Å². The molecule has 1 saturated carbocycles. The number of carbonyl (C=O) groups excluding carboxylic acids is 2. The summed E-state index contributed by atoms with van der Waals surface area (Å²) in [5.74, 6) is 0.156. The summed E-state index contributed by atoms with van der Waals surface area (Å²) in [6, 6.07) is 0.241. The fourth-order valence-corrected chi connectivity index (χ4v) is 3.10. The summed E-state index contributed by atoms with van der Waals surface area (Å²) in [6.07, 6.45) is 3.06. The van der Waals surface area contributed by atoms with Crippen LogP contribution in [0.15, 0.2) is 0 Å². The van der Waals surface area contributed by atoms with Crippen LogP contribution < -0.4 is 10.6 Å². The van der Waals surface area contributed by atoms with E-state index in [0.717, 1.165) is 25.7 Å². The van der Waals surface area contributed by atoms with E-state index in [1.807, 2.05) is 27.7 Å². The Morgan fingerprint density at radius 1 is 1.21 bits per heavy atom. The maximum Gasteiger partial charge on any atom is 0.242 e. The smallest absolute Gasteiger partial charge is 0.242 e. The largest absolute Gasteiger partial charge is 0.374 e. The van der Waals surface area contributed by atoms with E-state index < -0.39 is 6.04 Å².